The van der Waals surface area contributed by atoms with Crippen molar-refractivity contribution >= 4 is 26.9 Å². The van der Waals surface area contributed by atoms with Gasteiger partial charge < -0.3 is 10.1 Å². The second kappa shape index (κ2) is 4.88. The first-order chi connectivity index (χ1) is 9.26. The summed E-state index contributed by atoms with van der Waals surface area (Å²) in [6.45, 7) is 1.24. The molecule has 1 unspecified atom stereocenters. The Morgan fingerprint density at radius 1 is 1.45 bits per heavy atom. The number of carbonyl (C=O) groups is 1. The number of hydrogen-bond acceptors (Lipinski definition) is 3. The number of hydrogen-bond donors (Lipinski definition) is 2. The van der Waals surface area contributed by atoms with E-state index in [1.165, 1.54) is 19.1 Å². The van der Waals surface area contributed by atoms with Crippen LogP contribution in [-0.2, 0) is 14.8 Å². The Hall–Kier alpha value is -1.93. The highest BCUT2D eigenvalue weighted by atomic mass is 32.2. The molecule has 0 radical (unpaired) electrons. The van der Waals surface area contributed by atoms with Gasteiger partial charge in [0.2, 0.25) is 10.0 Å². The summed E-state index contributed by atoms with van der Waals surface area (Å²) in [6.07, 6.45) is 1.16. The van der Waals surface area contributed by atoms with Crippen molar-refractivity contribution < 1.29 is 22.7 Å². The van der Waals surface area contributed by atoms with E-state index in [4.69, 9.17) is 5.11 Å². The van der Waals surface area contributed by atoms with Crippen LogP contribution < -0.4 is 0 Å². The summed E-state index contributed by atoms with van der Waals surface area (Å²) >= 11 is 0. The first-order valence-corrected chi connectivity index (χ1v) is 7.17. The number of nitrogens with one attached hydrogen (secondary N) is 1. The molecule has 1 heterocycles. The Labute approximate surface area is 114 Å². The molecule has 0 saturated carbocycles. The van der Waals surface area contributed by atoms with Crippen LogP contribution in [0, 0.1) is 5.82 Å². The molecule has 8 heteroatoms. The summed E-state index contributed by atoms with van der Waals surface area (Å²) in [6, 6.07) is 2.89. The van der Waals surface area contributed by atoms with Crippen molar-refractivity contribution in [2.24, 2.45) is 0 Å². The maximum atomic E-state index is 13.8. The molecular formula is C12H13FN2O4S. The van der Waals surface area contributed by atoms with Gasteiger partial charge in [0.15, 0.2) is 0 Å². The molecule has 0 amide bonds. The van der Waals surface area contributed by atoms with Gasteiger partial charge in [-0.1, -0.05) is 6.07 Å². The lowest BCUT2D eigenvalue weighted by molar-refractivity contribution is -0.140. The van der Waals surface area contributed by atoms with E-state index in [-0.39, 0.29) is 10.3 Å². The van der Waals surface area contributed by atoms with E-state index in [1.807, 2.05) is 0 Å². The number of fused-ring (bicyclic) bond motifs is 1. The number of carboxylic acid groups (broad SMARTS) is 1. The van der Waals surface area contributed by atoms with E-state index >= 15 is 0 Å². The molecule has 20 heavy (non-hydrogen) atoms. The third-order valence-corrected chi connectivity index (χ3v) is 5.13. The second-order valence-electron chi connectivity index (χ2n) is 4.35. The van der Waals surface area contributed by atoms with Gasteiger partial charge in [-0.15, -0.1) is 0 Å². The molecule has 0 fully saturated rings. The summed E-state index contributed by atoms with van der Waals surface area (Å²) in [7, 11) is -2.96. The Bertz CT molecular complexity index is 769. The normalized spacial score (nSPS) is 13.8. The fourth-order valence-corrected chi connectivity index (χ4v) is 3.32. The molecule has 0 saturated heterocycles. The molecule has 2 N–H and O–H groups in total. The number of aromatic amines is 1. The largest absolute Gasteiger partial charge is 0.480 e. The molecule has 108 valence electrons. The minimum absolute atomic E-state index is 0.0723. The van der Waals surface area contributed by atoms with Crippen LogP contribution in [0.15, 0.2) is 29.3 Å². The quantitative estimate of drug-likeness (QED) is 0.893. The minimum Gasteiger partial charge on any atom is -0.480 e. The number of benzene rings is 1. The molecule has 2 aromatic rings. The fourth-order valence-electron chi connectivity index (χ4n) is 1.83. The summed E-state index contributed by atoms with van der Waals surface area (Å²) in [5, 5.41) is 8.82. The number of sulfonamides is 1. The lowest BCUT2D eigenvalue weighted by atomic mass is 10.2. The highest BCUT2D eigenvalue weighted by Crippen LogP contribution is 2.28. The fraction of sp³-hybridized carbons (Fsp3) is 0.250. The van der Waals surface area contributed by atoms with Crippen LogP contribution in [0.3, 0.4) is 0 Å². The first kappa shape index (κ1) is 14.5. The third-order valence-electron chi connectivity index (χ3n) is 3.18. The molecule has 1 aromatic carbocycles. The Kier molecular flexibility index (Phi) is 3.53. The molecule has 6 nitrogen and oxygen atoms in total. The molecule has 0 aliphatic carbocycles. The lowest BCUT2D eigenvalue weighted by Crippen LogP contribution is -2.40. The molecule has 1 aromatic heterocycles. The lowest BCUT2D eigenvalue weighted by Gasteiger charge is -2.20. The van der Waals surface area contributed by atoms with E-state index in [2.05, 4.69) is 4.98 Å². The van der Waals surface area contributed by atoms with Crippen LogP contribution in [0.5, 0.6) is 0 Å². The predicted molar refractivity (Wildman–Crippen MR) is 70.3 cm³/mol. The second-order valence-corrected chi connectivity index (χ2v) is 6.32. The monoisotopic (exact) mass is 300 g/mol. The van der Waals surface area contributed by atoms with Crippen molar-refractivity contribution in [1.82, 2.24) is 9.29 Å². The average Bonchev–Trinajstić information content (AvgIpc) is 2.82. The molecule has 0 spiro atoms. The van der Waals surface area contributed by atoms with Crippen molar-refractivity contribution in [3.05, 3.63) is 30.2 Å². The molecule has 1 atom stereocenters. The smallest absolute Gasteiger partial charge is 0.321 e. The van der Waals surface area contributed by atoms with Crippen molar-refractivity contribution in [1.29, 1.82) is 0 Å². The van der Waals surface area contributed by atoms with Gasteiger partial charge in [0.25, 0.3) is 0 Å². The predicted octanol–water partition coefficient (Wildman–Crippen LogP) is 1.40. The standard InChI is InChI=1S/C12H13FN2O4S/c1-7(12(16)17)15(2)20(18,19)10-6-14-9-5-3-4-8(13)11(9)10/h3-7,14H,1-2H3,(H,16,17). The van der Waals surface area contributed by atoms with Gasteiger partial charge in [-0.05, 0) is 19.1 Å². The van der Waals surface area contributed by atoms with Crippen LogP contribution in [-0.4, -0.2) is 41.9 Å². The highest BCUT2D eigenvalue weighted by Gasteiger charge is 2.32. The van der Waals surface area contributed by atoms with E-state index in [1.54, 1.807) is 0 Å². The molecule has 0 bridgehead atoms. The maximum Gasteiger partial charge on any atom is 0.321 e. The van der Waals surface area contributed by atoms with Gasteiger partial charge in [-0.3, -0.25) is 4.79 Å². The van der Waals surface area contributed by atoms with Gasteiger partial charge in [-0.25, -0.2) is 12.8 Å². The van der Waals surface area contributed by atoms with Crippen molar-refractivity contribution in [3.63, 3.8) is 0 Å². The van der Waals surface area contributed by atoms with Gasteiger partial charge >= 0.3 is 5.97 Å². The average molecular weight is 300 g/mol. The molecule has 0 aliphatic heterocycles. The van der Waals surface area contributed by atoms with E-state index in [0.717, 1.165) is 19.3 Å². The van der Waals surface area contributed by atoms with Crippen molar-refractivity contribution in [2.75, 3.05) is 7.05 Å². The van der Waals surface area contributed by atoms with Gasteiger partial charge in [-0.2, -0.15) is 4.31 Å². The van der Waals surface area contributed by atoms with E-state index in [9.17, 15) is 17.6 Å². The summed E-state index contributed by atoms with van der Waals surface area (Å²) in [4.78, 5) is 13.3. The van der Waals surface area contributed by atoms with Crippen molar-refractivity contribution in [2.45, 2.75) is 17.9 Å². The first-order valence-electron chi connectivity index (χ1n) is 5.73. The van der Waals surface area contributed by atoms with Gasteiger partial charge in [0.05, 0.1) is 5.39 Å². The van der Waals surface area contributed by atoms with Crippen LogP contribution in [0.2, 0.25) is 0 Å². The Morgan fingerprint density at radius 3 is 2.70 bits per heavy atom. The number of rotatable bonds is 4. The number of likely N-dealkylation sites (N-methyl/N-ethyl adjacent to an activating group) is 1. The van der Waals surface area contributed by atoms with Gasteiger partial charge in [0.1, 0.15) is 16.8 Å². The maximum absolute atomic E-state index is 13.8. The summed E-state index contributed by atoms with van der Waals surface area (Å²) < 4.78 is 39.3. The highest BCUT2D eigenvalue weighted by molar-refractivity contribution is 7.89. The van der Waals surface area contributed by atoms with Crippen molar-refractivity contribution in [3.8, 4) is 0 Å². The third kappa shape index (κ3) is 2.16. The number of carboxylic acids is 1. The molecular weight excluding hydrogens is 287 g/mol. The SMILES string of the molecule is CC(C(=O)O)N(C)S(=O)(=O)c1c[nH]c2cccc(F)c12. The van der Waals surface area contributed by atoms with Gasteiger partial charge in [0, 0.05) is 18.8 Å². The summed E-state index contributed by atoms with van der Waals surface area (Å²) in [5.74, 6) is -1.96. The van der Waals surface area contributed by atoms with E-state index < -0.39 is 27.9 Å². The molecule has 0 aliphatic rings. The Balaban J connectivity index is 2.61. The Morgan fingerprint density at radius 2 is 2.10 bits per heavy atom. The minimum atomic E-state index is -4.11. The van der Waals surface area contributed by atoms with Crippen LogP contribution in [0.25, 0.3) is 10.9 Å². The zero-order valence-corrected chi connectivity index (χ0v) is 11.6. The zero-order chi connectivity index (χ0) is 15.1. The van der Waals surface area contributed by atoms with Crippen LogP contribution >= 0.6 is 0 Å². The zero-order valence-electron chi connectivity index (χ0n) is 10.8. The summed E-state index contributed by atoms with van der Waals surface area (Å²) in [5.41, 5.74) is 0.333. The number of aromatic nitrogens is 1. The number of nitrogens with zero attached hydrogens (tertiary/aromatic N) is 1. The number of H-pyrrole nitrogens is 1. The van der Waals surface area contributed by atoms with Crippen LogP contribution in [0.4, 0.5) is 4.39 Å². The number of halogens is 1. The topological polar surface area (TPSA) is 90.5 Å². The van der Waals surface area contributed by atoms with E-state index in [0.29, 0.717) is 9.82 Å². The van der Waals surface area contributed by atoms with Crippen LogP contribution in [0.1, 0.15) is 6.92 Å². The molecule has 2 rings (SSSR count). The number of aliphatic carboxylic acids is 1.